The van der Waals surface area contributed by atoms with Crippen LogP contribution in [0, 0.1) is 16.0 Å². The van der Waals surface area contributed by atoms with E-state index in [0.29, 0.717) is 12.0 Å². The van der Waals surface area contributed by atoms with Gasteiger partial charge in [0.25, 0.3) is 0 Å². The Morgan fingerprint density at radius 2 is 1.39 bits per heavy atom. The van der Waals surface area contributed by atoms with Gasteiger partial charge in [0.15, 0.2) is 5.78 Å². The van der Waals surface area contributed by atoms with E-state index in [1.165, 1.54) is 0 Å². The average Bonchev–Trinajstić information content (AvgIpc) is 2.86. The van der Waals surface area contributed by atoms with Crippen LogP contribution < -0.4 is 0 Å². The van der Waals surface area contributed by atoms with Crippen LogP contribution in [0.5, 0.6) is 0 Å². The average molecular weight is 438 g/mol. The largest absolute Gasteiger partial charge is 0.294 e. The first kappa shape index (κ1) is 22.4. The quantitative estimate of drug-likeness (QED) is 0.163. The second-order valence-electron chi connectivity index (χ2n) is 8.37. The first-order valence-electron chi connectivity index (χ1n) is 11.3. The summed E-state index contributed by atoms with van der Waals surface area (Å²) in [5.74, 6) is -1.34. The highest BCUT2D eigenvalue weighted by molar-refractivity contribution is 5.99. The van der Waals surface area contributed by atoms with E-state index >= 15 is 0 Å². The van der Waals surface area contributed by atoms with Gasteiger partial charge in [-0.15, -0.1) is 0 Å². The zero-order valence-electron chi connectivity index (χ0n) is 18.6. The highest BCUT2D eigenvalue weighted by Gasteiger charge is 2.40. The van der Waals surface area contributed by atoms with Crippen LogP contribution in [0.15, 0.2) is 103 Å². The Labute approximate surface area is 194 Å². The summed E-state index contributed by atoms with van der Waals surface area (Å²) in [6, 6.07) is 32.8. The van der Waals surface area contributed by atoms with E-state index in [0.717, 1.165) is 21.9 Å². The SMILES string of the molecule is CC[C@@H](c1ccccc1)[C@@H](C(=O)c1ccccc1)[C@H](C[N+](=O)[O-])c1cccc2ccccc12. The van der Waals surface area contributed by atoms with E-state index in [-0.39, 0.29) is 23.2 Å². The minimum absolute atomic E-state index is 0.0499. The van der Waals surface area contributed by atoms with Crippen LogP contribution in [0.1, 0.15) is 46.7 Å². The minimum atomic E-state index is -0.573. The highest BCUT2D eigenvalue weighted by atomic mass is 16.6. The molecule has 0 N–H and O–H groups in total. The zero-order chi connectivity index (χ0) is 23.2. The molecule has 0 saturated heterocycles. The van der Waals surface area contributed by atoms with Crippen LogP contribution in [-0.4, -0.2) is 17.3 Å². The molecule has 33 heavy (non-hydrogen) atoms. The van der Waals surface area contributed by atoms with Crippen LogP contribution in [0.4, 0.5) is 0 Å². The van der Waals surface area contributed by atoms with Crippen molar-refractivity contribution >= 4 is 16.6 Å². The maximum atomic E-state index is 14.0. The Morgan fingerprint density at radius 3 is 2.06 bits per heavy atom. The van der Waals surface area contributed by atoms with Crippen LogP contribution in [-0.2, 0) is 0 Å². The molecule has 0 bridgehead atoms. The fourth-order valence-electron chi connectivity index (χ4n) is 4.98. The van der Waals surface area contributed by atoms with Gasteiger partial charge in [0.05, 0.1) is 5.92 Å². The van der Waals surface area contributed by atoms with Gasteiger partial charge in [0.1, 0.15) is 0 Å². The lowest BCUT2D eigenvalue weighted by atomic mass is 9.70. The first-order valence-corrected chi connectivity index (χ1v) is 11.3. The molecule has 0 radical (unpaired) electrons. The smallest absolute Gasteiger partial charge is 0.211 e. The molecule has 0 aliphatic rings. The van der Waals surface area contributed by atoms with Crippen LogP contribution in [0.3, 0.4) is 0 Å². The number of ketones is 1. The molecule has 0 aromatic heterocycles. The summed E-state index contributed by atoms with van der Waals surface area (Å²) in [5, 5.41) is 13.9. The summed E-state index contributed by atoms with van der Waals surface area (Å²) in [6.07, 6.45) is 0.701. The van der Waals surface area contributed by atoms with Crippen LogP contribution in [0.25, 0.3) is 10.8 Å². The molecule has 0 heterocycles. The summed E-state index contributed by atoms with van der Waals surface area (Å²) in [7, 11) is 0. The molecule has 0 aliphatic carbocycles. The Morgan fingerprint density at radius 1 is 0.788 bits per heavy atom. The van der Waals surface area contributed by atoms with Crippen molar-refractivity contribution in [3.63, 3.8) is 0 Å². The lowest BCUT2D eigenvalue weighted by Crippen LogP contribution is -2.33. The van der Waals surface area contributed by atoms with Gasteiger partial charge >= 0.3 is 0 Å². The Balaban J connectivity index is 1.93. The number of rotatable bonds is 9. The number of nitrogens with zero attached hydrogens (tertiary/aromatic N) is 1. The number of benzene rings is 4. The molecule has 4 aromatic carbocycles. The second kappa shape index (κ2) is 10.2. The number of nitro groups is 1. The van der Waals surface area contributed by atoms with E-state index in [4.69, 9.17) is 0 Å². The lowest BCUT2D eigenvalue weighted by molar-refractivity contribution is -0.484. The van der Waals surface area contributed by atoms with Crippen molar-refractivity contribution < 1.29 is 9.72 Å². The van der Waals surface area contributed by atoms with Crippen LogP contribution >= 0.6 is 0 Å². The van der Waals surface area contributed by atoms with Crippen molar-refractivity contribution in [3.05, 3.63) is 130 Å². The molecule has 0 fully saturated rings. The maximum Gasteiger partial charge on any atom is 0.211 e. The summed E-state index contributed by atoms with van der Waals surface area (Å²) in [4.78, 5) is 25.7. The van der Waals surface area contributed by atoms with Crippen molar-refractivity contribution in [2.24, 2.45) is 5.92 Å². The Bertz CT molecular complexity index is 1230. The molecule has 3 atom stereocenters. The fourth-order valence-corrected chi connectivity index (χ4v) is 4.98. The normalized spacial score (nSPS) is 13.8. The molecule has 4 rings (SSSR count). The number of carbonyl (C=O) groups excluding carboxylic acids is 1. The molecule has 4 heteroatoms. The predicted octanol–water partition coefficient (Wildman–Crippen LogP) is 6.89. The van der Waals surface area contributed by atoms with Crippen molar-refractivity contribution in [2.75, 3.05) is 6.54 Å². The van der Waals surface area contributed by atoms with Gasteiger partial charge < -0.3 is 0 Å². The second-order valence-corrected chi connectivity index (χ2v) is 8.37. The van der Waals surface area contributed by atoms with E-state index in [9.17, 15) is 14.9 Å². The van der Waals surface area contributed by atoms with Crippen molar-refractivity contribution in [3.8, 4) is 0 Å². The molecule has 0 aliphatic heterocycles. The van der Waals surface area contributed by atoms with Crippen molar-refractivity contribution in [1.29, 1.82) is 0 Å². The fraction of sp³-hybridized carbons (Fsp3) is 0.207. The van der Waals surface area contributed by atoms with Crippen LogP contribution in [0.2, 0.25) is 0 Å². The van der Waals surface area contributed by atoms with Gasteiger partial charge in [-0.3, -0.25) is 14.9 Å². The van der Waals surface area contributed by atoms with E-state index in [1.54, 1.807) is 12.1 Å². The minimum Gasteiger partial charge on any atom is -0.294 e. The molecule has 166 valence electrons. The maximum absolute atomic E-state index is 14.0. The van der Waals surface area contributed by atoms with Gasteiger partial charge in [-0.05, 0) is 34.2 Å². The Kier molecular flexibility index (Phi) is 6.94. The third kappa shape index (κ3) is 4.85. The number of fused-ring (bicyclic) bond motifs is 1. The standard InChI is InChI=1S/C29H27NO3/c1-2-24(21-12-5-3-6-13-21)28(29(31)23-15-7-4-8-16-23)27(20-30(32)33)26-19-11-17-22-14-9-10-18-25(22)26/h3-19,24,27-28H,2,20H2,1H3/t24-,27+,28+/m0/s1. The highest BCUT2D eigenvalue weighted by Crippen LogP contribution is 2.42. The van der Waals surface area contributed by atoms with Gasteiger partial charge in [0, 0.05) is 16.4 Å². The molecule has 0 spiro atoms. The number of hydrogen-bond acceptors (Lipinski definition) is 3. The van der Waals surface area contributed by atoms with Gasteiger partial charge in [-0.2, -0.15) is 0 Å². The van der Waals surface area contributed by atoms with Gasteiger partial charge in [0.2, 0.25) is 6.54 Å². The topological polar surface area (TPSA) is 60.2 Å². The first-order chi connectivity index (χ1) is 16.1. The van der Waals surface area contributed by atoms with Gasteiger partial charge in [-0.25, -0.2) is 0 Å². The van der Waals surface area contributed by atoms with E-state index in [2.05, 4.69) is 6.92 Å². The van der Waals surface area contributed by atoms with Crippen molar-refractivity contribution in [2.45, 2.75) is 25.2 Å². The monoisotopic (exact) mass is 437 g/mol. The summed E-state index contributed by atoms with van der Waals surface area (Å²) >= 11 is 0. The van der Waals surface area contributed by atoms with Crippen molar-refractivity contribution in [1.82, 2.24) is 0 Å². The number of hydrogen-bond donors (Lipinski definition) is 0. The molecular weight excluding hydrogens is 410 g/mol. The molecule has 4 nitrogen and oxygen atoms in total. The van der Waals surface area contributed by atoms with Gasteiger partial charge in [-0.1, -0.05) is 110 Å². The zero-order valence-corrected chi connectivity index (χ0v) is 18.6. The third-order valence-corrected chi connectivity index (χ3v) is 6.46. The lowest BCUT2D eigenvalue weighted by Gasteiger charge is -2.32. The molecule has 0 unspecified atom stereocenters. The van der Waals surface area contributed by atoms with E-state index < -0.39 is 11.8 Å². The number of carbonyl (C=O) groups is 1. The molecule has 0 amide bonds. The molecular formula is C29H27NO3. The Hall–Kier alpha value is -3.79. The predicted molar refractivity (Wildman–Crippen MR) is 132 cm³/mol. The third-order valence-electron chi connectivity index (χ3n) is 6.46. The van der Waals surface area contributed by atoms with E-state index in [1.807, 2.05) is 91.0 Å². The summed E-state index contributed by atoms with van der Waals surface area (Å²) < 4.78 is 0. The molecule has 0 saturated carbocycles. The molecule has 4 aromatic rings. The number of Topliss-reactive ketones (excluding diaryl/α,β-unsaturated/α-hetero) is 1. The summed E-state index contributed by atoms with van der Waals surface area (Å²) in [5.41, 5.74) is 2.47. The summed E-state index contributed by atoms with van der Waals surface area (Å²) in [6.45, 7) is 1.75.